The number of hydrogen-bond donors (Lipinski definition) is 1. The molecule has 0 saturated carbocycles. The summed E-state index contributed by atoms with van der Waals surface area (Å²) in [5.41, 5.74) is 2.80. The van der Waals surface area contributed by atoms with Crippen molar-refractivity contribution in [3.63, 3.8) is 0 Å². The fourth-order valence-corrected chi connectivity index (χ4v) is 1.92. The number of benzene rings is 1. The van der Waals surface area contributed by atoms with Gasteiger partial charge in [0.1, 0.15) is 11.4 Å². The minimum absolute atomic E-state index is 0.439. The number of aldehydes is 1. The molecule has 0 atom stereocenters. The Balaban J connectivity index is 2.60. The number of aryl methyl sites for hydroxylation is 1. The highest BCUT2D eigenvalue weighted by atomic mass is 35.5. The Kier molecular flexibility index (Phi) is 3.15. The van der Waals surface area contributed by atoms with Crippen molar-refractivity contribution >= 4 is 17.9 Å². The number of H-pyrrole nitrogens is 1. The first-order chi connectivity index (χ1) is 8.17. The molecule has 0 aliphatic rings. The van der Waals surface area contributed by atoms with Crippen molar-refractivity contribution in [2.24, 2.45) is 0 Å². The quantitative estimate of drug-likeness (QED) is 0.853. The number of carbonyl (C=O) groups is 1. The van der Waals surface area contributed by atoms with E-state index in [9.17, 15) is 4.79 Å². The maximum Gasteiger partial charge on any atom is 0.168 e. The topological polar surface area (TPSA) is 55.0 Å². The van der Waals surface area contributed by atoms with Crippen LogP contribution in [0.25, 0.3) is 11.3 Å². The zero-order chi connectivity index (χ0) is 12.4. The molecular formula is C12H11ClN2O2. The fraction of sp³-hybridized carbons (Fsp3) is 0.167. The summed E-state index contributed by atoms with van der Waals surface area (Å²) in [6, 6.07) is 3.57. The number of imidazole rings is 1. The largest absolute Gasteiger partial charge is 0.495 e. The van der Waals surface area contributed by atoms with Crippen molar-refractivity contribution < 1.29 is 9.53 Å². The van der Waals surface area contributed by atoms with Crippen LogP contribution in [0.2, 0.25) is 5.02 Å². The molecule has 0 amide bonds. The van der Waals surface area contributed by atoms with Crippen LogP contribution in [-0.2, 0) is 0 Å². The van der Waals surface area contributed by atoms with Gasteiger partial charge in [-0.05, 0) is 24.6 Å². The zero-order valence-electron chi connectivity index (χ0n) is 9.45. The highest BCUT2D eigenvalue weighted by Gasteiger charge is 2.13. The molecule has 1 aromatic carbocycles. The lowest BCUT2D eigenvalue weighted by atomic mass is 10.0. The number of methoxy groups -OCH3 is 1. The number of nitrogens with zero attached hydrogens (tertiary/aromatic N) is 1. The summed E-state index contributed by atoms with van der Waals surface area (Å²) in [5.74, 6) is 0.608. The summed E-state index contributed by atoms with van der Waals surface area (Å²) in [5, 5.41) is 0.493. The van der Waals surface area contributed by atoms with Gasteiger partial charge < -0.3 is 9.72 Å². The predicted molar refractivity (Wildman–Crippen MR) is 65.7 cm³/mol. The number of rotatable bonds is 3. The highest BCUT2D eigenvalue weighted by Crippen LogP contribution is 2.33. The normalized spacial score (nSPS) is 10.3. The van der Waals surface area contributed by atoms with Crippen LogP contribution in [0.15, 0.2) is 18.5 Å². The second kappa shape index (κ2) is 4.59. The van der Waals surface area contributed by atoms with E-state index in [2.05, 4.69) is 9.97 Å². The molecule has 0 fully saturated rings. The predicted octanol–water partition coefficient (Wildman–Crippen LogP) is 2.86. The standard InChI is InChI=1S/C12H11ClN2O2/c1-7-3-11(17-2)9(13)4-8(7)12-10(5-16)14-6-15-12/h3-6H,1-2H3,(H,14,15). The van der Waals surface area contributed by atoms with Gasteiger partial charge in [-0.25, -0.2) is 4.98 Å². The number of carbonyl (C=O) groups excluding carboxylic acids is 1. The summed E-state index contributed by atoms with van der Waals surface area (Å²) in [7, 11) is 1.56. The average molecular weight is 251 g/mol. The van der Waals surface area contributed by atoms with Crippen molar-refractivity contribution in [1.82, 2.24) is 9.97 Å². The molecule has 1 N–H and O–H groups in total. The summed E-state index contributed by atoms with van der Waals surface area (Å²) in [4.78, 5) is 17.8. The third-order valence-corrected chi connectivity index (χ3v) is 2.84. The SMILES string of the molecule is COc1cc(C)c(-c2nc[nH]c2C=O)cc1Cl. The van der Waals surface area contributed by atoms with Crippen LogP contribution < -0.4 is 4.74 Å². The van der Waals surface area contributed by atoms with E-state index in [1.54, 1.807) is 13.2 Å². The third kappa shape index (κ3) is 2.03. The van der Waals surface area contributed by atoms with Crippen molar-refractivity contribution in [3.8, 4) is 17.0 Å². The first-order valence-corrected chi connectivity index (χ1v) is 5.38. The molecule has 0 radical (unpaired) electrons. The molecule has 0 spiro atoms. The second-order valence-electron chi connectivity index (χ2n) is 3.58. The minimum Gasteiger partial charge on any atom is -0.495 e. The Morgan fingerprint density at radius 3 is 2.88 bits per heavy atom. The van der Waals surface area contributed by atoms with E-state index in [1.807, 2.05) is 13.0 Å². The molecule has 17 heavy (non-hydrogen) atoms. The van der Waals surface area contributed by atoms with E-state index in [4.69, 9.17) is 16.3 Å². The first-order valence-electron chi connectivity index (χ1n) is 5.00. The molecule has 0 saturated heterocycles. The Labute approximate surface area is 104 Å². The highest BCUT2D eigenvalue weighted by molar-refractivity contribution is 6.32. The van der Waals surface area contributed by atoms with Crippen molar-refractivity contribution in [2.75, 3.05) is 7.11 Å². The molecule has 0 aliphatic heterocycles. The van der Waals surface area contributed by atoms with Gasteiger partial charge >= 0.3 is 0 Å². The van der Waals surface area contributed by atoms with Gasteiger partial charge in [-0.15, -0.1) is 0 Å². The Morgan fingerprint density at radius 1 is 1.47 bits per heavy atom. The lowest BCUT2D eigenvalue weighted by Gasteiger charge is -2.08. The fourth-order valence-electron chi connectivity index (χ4n) is 1.68. The molecule has 0 bridgehead atoms. The van der Waals surface area contributed by atoms with E-state index in [1.165, 1.54) is 6.33 Å². The number of halogens is 1. The average Bonchev–Trinajstić information content (AvgIpc) is 2.79. The smallest absolute Gasteiger partial charge is 0.168 e. The molecule has 0 unspecified atom stereocenters. The maximum atomic E-state index is 10.9. The zero-order valence-corrected chi connectivity index (χ0v) is 10.2. The Morgan fingerprint density at radius 2 is 2.24 bits per heavy atom. The molecular weight excluding hydrogens is 240 g/mol. The molecule has 2 aromatic rings. The molecule has 88 valence electrons. The monoisotopic (exact) mass is 250 g/mol. The first kappa shape index (κ1) is 11.7. The van der Waals surface area contributed by atoms with Crippen molar-refractivity contribution in [2.45, 2.75) is 6.92 Å². The number of ether oxygens (including phenoxy) is 1. The Bertz CT molecular complexity index is 564. The number of aromatic nitrogens is 2. The number of hydrogen-bond acceptors (Lipinski definition) is 3. The molecule has 1 heterocycles. The van der Waals surface area contributed by atoms with Crippen LogP contribution in [0.4, 0.5) is 0 Å². The summed E-state index contributed by atoms with van der Waals surface area (Å²) in [6.07, 6.45) is 2.22. The van der Waals surface area contributed by atoms with E-state index in [0.717, 1.165) is 17.4 Å². The molecule has 2 rings (SSSR count). The summed E-state index contributed by atoms with van der Waals surface area (Å²) in [6.45, 7) is 1.91. The third-order valence-electron chi connectivity index (χ3n) is 2.54. The van der Waals surface area contributed by atoms with Gasteiger partial charge in [-0.3, -0.25) is 4.79 Å². The molecule has 5 heteroatoms. The number of nitrogens with one attached hydrogen (secondary N) is 1. The van der Waals surface area contributed by atoms with Gasteiger partial charge in [0.2, 0.25) is 0 Å². The van der Waals surface area contributed by atoms with Crippen LogP contribution in [0.3, 0.4) is 0 Å². The summed E-state index contributed by atoms with van der Waals surface area (Å²) < 4.78 is 5.13. The maximum absolute atomic E-state index is 10.9. The second-order valence-corrected chi connectivity index (χ2v) is 3.99. The van der Waals surface area contributed by atoms with E-state index < -0.39 is 0 Å². The van der Waals surface area contributed by atoms with Gasteiger partial charge in [0.25, 0.3) is 0 Å². The van der Waals surface area contributed by atoms with Gasteiger partial charge in [0, 0.05) is 5.56 Å². The van der Waals surface area contributed by atoms with Crippen LogP contribution in [0.5, 0.6) is 5.75 Å². The van der Waals surface area contributed by atoms with Gasteiger partial charge in [0.15, 0.2) is 6.29 Å². The van der Waals surface area contributed by atoms with Crippen LogP contribution >= 0.6 is 11.6 Å². The van der Waals surface area contributed by atoms with Crippen molar-refractivity contribution in [1.29, 1.82) is 0 Å². The summed E-state index contributed by atoms with van der Waals surface area (Å²) >= 11 is 6.06. The van der Waals surface area contributed by atoms with Gasteiger partial charge in [-0.2, -0.15) is 0 Å². The molecule has 1 aromatic heterocycles. The van der Waals surface area contributed by atoms with Crippen LogP contribution in [0, 0.1) is 6.92 Å². The van der Waals surface area contributed by atoms with Gasteiger partial charge in [0.05, 0.1) is 24.2 Å². The molecule has 0 aliphatic carbocycles. The lowest BCUT2D eigenvalue weighted by Crippen LogP contribution is -1.92. The van der Waals surface area contributed by atoms with E-state index >= 15 is 0 Å². The van der Waals surface area contributed by atoms with E-state index in [0.29, 0.717) is 22.2 Å². The minimum atomic E-state index is 0.439. The van der Waals surface area contributed by atoms with E-state index in [-0.39, 0.29) is 0 Å². The van der Waals surface area contributed by atoms with Crippen molar-refractivity contribution in [3.05, 3.63) is 34.7 Å². The Hall–Kier alpha value is -1.81. The van der Waals surface area contributed by atoms with Crippen LogP contribution in [0.1, 0.15) is 16.1 Å². The lowest BCUT2D eigenvalue weighted by molar-refractivity contribution is 0.112. The number of aromatic amines is 1. The van der Waals surface area contributed by atoms with Gasteiger partial charge in [-0.1, -0.05) is 11.6 Å². The van der Waals surface area contributed by atoms with Crippen LogP contribution in [-0.4, -0.2) is 23.4 Å². The molecule has 4 nitrogen and oxygen atoms in total.